The standard InChI is InChI=1S/C13H13FN2/c1-3-10-7-15-13(16-8-10)11-5-4-9(2)12(14)6-11/h4-8H,3H2,1-2H3. The maximum atomic E-state index is 13.4. The van der Waals surface area contributed by atoms with Gasteiger partial charge in [0.15, 0.2) is 5.82 Å². The van der Waals surface area contributed by atoms with Gasteiger partial charge in [0, 0.05) is 18.0 Å². The van der Waals surface area contributed by atoms with Crippen molar-refractivity contribution in [3.63, 3.8) is 0 Å². The highest BCUT2D eigenvalue weighted by Gasteiger charge is 2.04. The van der Waals surface area contributed by atoms with Crippen LogP contribution in [-0.2, 0) is 6.42 Å². The molecule has 0 amide bonds. The first kappa shape index (κ1) is 10.7. The van der Waals surface area contributed by atoms with Crippen LogP contribution in [0, 0.1) is 12.7 Å². The second-order valence-electron chi connectivity index (χ2n) is 3.73. The van der Waals surface area contributed by atoms with E-state index in [0.717, 1.165) is 12.0 Å². The van der Waals surface area contributed by atoms with Gasteiger partial charge in [0.05, 0.1) is 0 Å². The molecule has 0 saturated carbocycles. The van der Waals surface area contributed by atoms with E-state index >= 15 is 0 Å². The van der Waals surface area contributed by atoms with Crippen molar-refractivity contribution in [1.29, 1.82) is 0 Å². The average Bonchev–Trinajstić information content (AvgIpc) is 2.33. The molecule has 0 unspecified atom stereocenters. The Balaban J connectivity index is 2.38. The van der Waals surface area contributed by atoms with Crippen molar-refractivity contribution in [1.82, 2.24) is 9.97 Å². The van der Waals surface area contributed by atoms with E-state index in [1.54, 1.807) is 25.4 Å². The van der Waals surface area contributed by atoms with E-state index in [-0.39, 0.29) is 5.82 Å². The Kier molecular flexibility index (Phi) is 2.95. The molecule has 0 bridgehead atoms. The number of aryl methyl sites for hydroxylation is 2. The Morgan fingerprint density at radius 3 is 2.44 bits per heavy atom. The van der Waals surface area contributed by atoms with Crippen LogP contribution < -0.4 is 0 Å². The van der Waals surface area contributed by atoms with Gasteiger partial charge in [0.25, 0.3) is 0 Å². The first-order chi connectivity index (χ1) is 7.70. The normalized spacial score (nSPS) is 10.4. The molecule has 16 heavy (non-hydrogen) atoms. The van der Waals surface area contributed by atoms with Crippen LogP contribution in [0.2, 0.25) is 0 Å². The SMILES string of the molecule is CCc1cnc(-c2ccc(C)c(F)c2)nc1. The zero-order valence-corrected chi connectivity index (χ0v) is 9.37. The summed E-state index contributed by atoms with van der Waals surface area (Å²) in [7, 11) is 0. The van der Waals surface area contributed by atoms with E-state index in [9.17, 15) is 4.39 Å². The average molecular weight is 216 g/mol. The fourth-order valence-electron chi connectivity index (χ4n) is 1.42. The molecule has 0 fully saturated rings. The first-order valence-electron chi connectivity index (χ1n) is 5.28. The minimum absolute atomic E-state index is 0.222. The van der Waals surface area contributed by atoms with Gasteiger partial charge in [-0.15, -0.1) is 0 Å². The van der Waals surface area contributed by atoms with Crippen LogP contribution in [0.3, 0.4) is 0 Å². The molecule has 1 aromatic heterocycles. The molecule has 2 rings (SSSR count). The number of hydrogen-bond acceptors (Lipinski definition) is 2. The first-order valence-corrected chi connectivity index (χ1v) is 5.28. The molecular weight excluding hydrogens is 203 g/mol. The monoisotopic (exact) mass is 216 g/mol. The molecule has 0 radical (unpaired) electrons. The third kappa shape index (κ3) is 2.08. The van der Waals surface area contributed by atoms with E-state index in [1.807, 2.05) is 13.0 Å². The quantitative estimate of drug-likeness (QED) is 0.770. The van der Waals surface area contributed by atoms with Crippen molar-refractivity contribution in [2.75, 3.05) is 0 Å². The molecule has 3 heteroatoms. The van der Waals surface area contributed by atoms with Gasteiger partial charge in [-0.3, -0.25) is 0 Å². The van der Waals surface area contributed by atoms with Crippen LogP contribution in [0.4, 0.5) is 4.39 Å². The van der Waals surface area contributed by atoms with Crippen LogP contribution >= 0.6 is 0 Å². The maximum Gasteiger partial charge on any atom is 0.159 e. The lowest BCUT2D eigenvalue weighted by atomic mass is 10.1. The molecule has 0 aliphatic rings. The molecule has 2 aromatic rings. The summed E-state index contributed by atoms with van der Waals surface area (Å²) in [4.78, 5) is 8.43. The molecule has 0 spiro atoms. The number of hydrogen-bond donors (Lipinski definition) is 0. The van der Waals surface area contributed by atoms with Gasteiger partial charge < -0.3 is 0 Å². The summed E-state index contributed by atoms with van der Waals surface area (Å²) >= 11 is 0. The Labute approximate surface area is 94.2 Å². The number of nitrogens with zero attached hydrogens (tertiary/aromatic N) is 2. The highest BCUT2D eigenvalue weighted by Crippen LogP contribution is 2.17. The summed E-state index contributed by atoms with van der Waals surface area (Å²) in [5, 5.41) is 0. The van der Waals surface area contributed by atoms with E-state index in [4.69, 9.17) is 0 Å². The number of aromatic nitrogens is 2. The van der Waals surface area contributed by atoms with Gasteiger partial charge in [0.2, 0.25) is 0 Å². The molecule has 0 N–H and O–H groups in total. The second-order valence-corrected chi connectivity index (χ2v) is 3.73. The molecule has 1 heterocycles. The Morgan fingerprint density at radius 1 is 1.19 bits per heavy atom. The third-order valence-electron chi connectivity index (χ3n) is 2.54. The second kappa shape index (κ2) is 4.39. The van der Waals surface area contributed by atoms with E-state index < -0.39 is 0 Å². The van der Waals surface area contributed by atoms with Crippen LogP contribution in [0.1, 0.15) is 18.1 Å². The minimum atomic E-state index is -0.222. The third-order valence-corrected chi connectivity index (χ3v) is 2.54. The van der Waals surface area contributed by atoms with Gasteiger partial charge in [0.1, 0.15) is 5.82 Å². The lowest BCUT2D eigenvalue weighted by Gasteiger charge is -2.02. The van der Waals surface area contributed by atoms with Crippen LogP contribution in [0.5, 0.6) is 0 Å². The lowest BCUT2D eigenvalue weighted by molar-refractivity contribution is 0.619. The fourth-order valence-corrected chi connectivity index (χ4v) is 1.42. The van der Waals surface area contributed by atoms with Crippen molar-refractivity contribution in [3.05, 3.63) is 47.5 Å². The maximum absolute atomic E-state index is 13.4. The minimum Gasteiger partial charge on any atom is -0.236 e. The fraction of sp³-hybridized carbons (Fsp3) is 0.231. The van der Waals surface area contributed by atoms with Crippen molar-refractivity contribution < 1.29 is 4.39 Å². The Bertz CT molecular complexity index is 492. The summed E-state index contributed by atoms with van der Waals surface area (Å²) < 4.78 is 13.4. The predicted octanol–water partition coefficient (Wildman–Crippen LogP) is 3.15. The van der Waals surface area contributed by atoms with Crippen LogP contribution in [0.25, 0.3) is 11.4 Å². The van der Waals surface area contributed by atoms with Crippen molar-refractivity contribution >= 4 is 0 Å². The lowest BCUT2D eigenvalue weighted by Crippen LogP contribution is -1.92. The summed E-state index contributed by atoms with van der Waals surface area (Å²) in [6.45, 7) is 3.78. The topological polar surface area (TPSA) is 25.8 Å². The van der Waals surface area contributed by atoms with Crippen LogP contribution in [0.15, 0.2) is 30.6 Å². The van der Waals surface area contributed by atoms with Crippen molar-refractivity contribution in [3.8, 4) is 11.4 Å². The zero-order valence-electron chi connectivity index (χ0n) is 9.37. The van der Waals surface area contributed by atoms with Crippen LogP contribution in [-0.4, -0.2) is 9.97 Å². The van der Waals surface area contributed by atoms with Gasteiger partial charge in [-0.2, -0.15) is 0 Å². The molecule has 0 atom stereocenters. The predicted molar refractivity (Wildman–Crippen MR) is 61.5 cm³/mol. The molecule has 82 valence electrons. The number of benzene rings is 1. The van der Waals surface area contributed by atoms with Gasteiger partial charge in [-0.25, -0.2) is 14.4 Å². The van der Waals surface area contributed by atoms with E-state index in [2.05, 4.69) is 9.97 Å². The molecule has 0 aliphatic heterocycles. The largest absolute Gasteiger partial charge is 0.236 e. The number of rotatable bonds is 2. The summed E-state index contributed by atoms with van der Waals surface area (Å²) in [5.41, 5.74) is 2.43. The molecule has 0 saturated heterocycles. The highest BCUT2D eigenvalue weighted by atomic mass is 19.1. The highest BCUT2D eigenvalue weighted by molar-refractivity contribution is 5.55. The van der Waals surface area contributed by atoms with Crippen molar-refractivity contribution in [2.24, 2.45) is 0 Å². The summed E-state index contributed by atoms with van der Waals surface area (Å²) in [5.74, 6) is 0.344. The van der Waals surface area contributed by atoms with E-state index in [0.29, 0.717) is 17.0 Å². The Morgan fingerprint density at radius 2 is 1.88 bits per heavy atom. The smallest absolute Gasteiger partial charge is 0.159 e. The molecular formula is C13H13FN2. The molecule has 2 nitrogen and oxygen atoms in total. The van der Waals surface area contributed by atoms with Crippen molar-refractivity contribution in [2.45, 2.75) is 20.3 Å². The van der Waals surface area contributed by atoms with Gasteiger partial charge >= 0.3 is 0 Å². The molecule has 1 aromatic carbocycles. The number of halogens is 1. The zero-order chi connectivity index (χ0) is 11.5. The van der Waals surface area contributed by atoms with Gasteiger partial charge in [-0.1, -0.05) is 19.1 Å². The Hall–Kier alpha value is -1.77. The summed E-state index contributed by atoms with van der Waals surface area (Å²) in [6.07, 6.45) is 4.46. The van der Waals surface area contributed by atoms with Gasteiger partial charge in [-0.05, 0) is 30.5 Å². The molecule has 0 aliphatic carbocycles. The van der Waals surface area contributed by atoms with E-state index in [1.165, 1.54) is 6.07 Å². The summed E-state index contributed by atoms with van der Waals surface area (Å²) in [6, 6.07) is 5.04.